The highest BCUT2D eigenvalue weighted by molar-refractivity contribution is 5.92. The number of ether oxygens (including phenoxy) is 1. The molecule has 1 aliphatic heterocycles. The standard InChI is InChI=1S/C24H29N3O4/c1-16(27-13-12-24(31-23(27)30)11-10-20(28)14-24)17-4-6-18(7-5-17)19-8-9-21(25-15-19)22(29)26(2)3/h4-9,15-16,20,28H,10-14H2,1-3H3/t16-,20?,24?/m0/s1. The van der Waals surface area contributed by atoms with Gasteiger partial charge in [-0.05, 0) is 37.0 Å². The second-order valence-electron chi connectivity index (χ2n) is 8.82. The summed E-state index contributed by atoms with van der Waals surface area (Å²) in [6, 6.07) is 11.5. The van der Waals surface area contributed by atoms with Gasteiger partial charge >= 0.3 is 6.09 Å². The van der Waals surface area contributed by atoms with Crippen LogP contribution >= 0.6 is 0 Å². The zero-order chi connectivity index (χ0) is 22.2. The fourth-order valence-electron chi connectivity index (χ4n) is 4.50. The van der Waals surface area contributed by atoms with E-state index < -0.39 is 5.60 Å². The molecule has 1 saturated carbocycles. The summed E-state index contributed by atoms with van der Waals surface area (Å²) in [7, 11) is 3.40. The number of hydrogen-bond acceptors (Lipinski definition) is 5. The molecule has 0 bridgehead atoms. The van der Waals surface area contributed by atoms with Crippen molar-refractivity contribution in [2.24, 2.45) is 0 Å². The fraction of sp³-hybridized carbons (Fsp3) is 0.458. The molecule has 7 heteroatoms. The Morgan fingerprint density at radius 3 is 2.45 bits per heavy atom. The van der Waals surface area contributed by atoms with E-state index in [1.54, 1.807) is 31.3 Å². The molecule has 1 N–H and O–H groups in total. The van der Waals surface area contributed by atoms with Crippen LogP contribution in [0.25, 0.3) is 11.1 Å². The molecule has 1 aromatic carbocycles. The second-order valence-corrected chi connectivity index (χ2v) is 8.82. The minimum atomic E-state index is -0.482. The third-order valence-corrected chi connectivity index (χ3v) is 6.47. The number of pyridine rings is 1. The predicted molar refractivity (Wildman–Crippen MR) is 116 cm³/mol. The molecule has 1 saturated heterocycles. The Morgan fingerprint density at radius 2 is 1.90 bits per heavy atom. The molecule has 2 aliphatic rings. The molecule has 4 rings (SSSR count). The van der Waals surface area contributed by atoms with Gasteiger partial charge in [0.2, 0.25) is 0 Å². The molecular weight excluding hydrogens is 394 g/mol. The van der Waals surface area contributed by atoms with E-state index in [1.165, 1.54) is 4.90 Å². The van der Waals surface area contributed by atoms with E-state index in [9.17, 15) is 14.7 Å². The number of carbonyl (C=O) groups excluding carboxylic acids is 2. The van der Waals surface area contributed by atoms with Gasteiger partial charge in [-0.1, -0.05) is 30.3 Å². The number of aliphatic hydroxyl groups is 1. The van der Waals surface area contributed by atoms with Gasteiger partial charge in [0.05, 0.1) is 12.1 Å². The SMILES string of the molecule is C[C@@H](c1ccc(-c2ccc(C(=O)N(C)C)nc2)cc1)N1CCC2(CCC(O)C2)OC1=O. The van der Waals surface area contributed by atoms with Crippen LogP contribution in [0.5, 0.6) is 0 Å². The first-order valence-electron chi connectivity index (χ1n) is 10.7. The number of rotatable bonds is 4. The van der Waals surface area contributed by atoms with Crippen LogP contribution in [0.1, 0.15) is 54.7 Å². The predicted octanol–water partition coefficient (Wildman–Crippen LogP) is 3.64. The smallest absolute Gasteiger partial charge is 0.410 e. The number of nitrogens with zero attached hydrogens (tertiary/aromatic N) is 3. The number of benzene rings is 1. The molecule has 0 radical (unpaired) electrons. The minimum absolute atomic E-state index is 0.108. The van der Waals surface area contributed by atoms with Gasteiger partial charge in [0.15, 0.2) is 0 Å². The van der Waals surface area contributed by atoms with Crippen LogP contribution in [0, 0.1) is 0 Å². The first kappa shape index (κ1) is 21.3. The minimum Gasteiger partial charge on any atom is -0.443 e. The summed E-state index contributed by atoms with van der Waals surface area (Å²) in [5.41, 5.74) is 2.87. The number of aliphatic hydroxyl groups excluding tert-OH is 1. The van der Waals surface area contributed by atoms with Crippen molar-refractivity contribution in [2.45, 2.75) is 50.4 Å². The first-order valence-corrected chi connectivity index (χ1v) is 10.7. The molecule has 1 spiro atoms. The number of carbonyl (C=O) groups is 2. The van der Waals surface area contributed by atoms with E-state index in [2.05, 4.69) is 4.98 Å². The van der Waals surface area contributed by atoms with Crippen molar-refractivity contribution in [1.82, 2.24) is 14.8 Å². The van der Waals surface area contributed by atoms with Gasteiger partial charge in [-0.15, -0.1) is 0 Å². The van der Waals surface area contributed by atoms with Crippen molar-refractivity contribution >= 4 is 12.0 Å². The van der Waals surface area contributed by atoms with Crippen molar-refractivity contribution < 1.29 is 19.4 Å². The lowest BCUT2D eigenvalue weighted by Gasteiger charge is -2.41. The monoisotopic (exact) mass is 423 g/mol. The van der Waals surface area contributed by atoms with Gasteiger partial charge < -0.3 is 19.6 Å². The van der Waals surface area contributed by atoms with E-state index in [-0.39, 0.29) is 24.1 Å². The van der Waals surface area contributed by atoms with Gasteiger partial charge in [-0.3, -0.25) is 9.78 Å². The molecule has 2 aromatic rings. The Morgan fingerprint density at radius 1 is 1.19 bits per heavy atom. The van der Waals surface area contributed by atoms with E-state index in [0.717, 1.165) is 29.5 Å². The summed E-state index contributed by atoms with van der Waals surface area (Å²) in [5, 5.41) is 9.84. The fourth-order valence-corrected chi connectivity index (χ4v) is 4.50. The second kappa shape index (κ2) is 8.30. The summed E-state index contributed by atoms with van der Waals surface area (Å²) in [6.07, 6.45) is 3.76. The number of hydrogen-bond donors (Lipinski definition) is 1. The van der Waals surface area contributed by atoms with Crippen LogP contribution in [-0.4, -0.2) is 64.2 Å². The molecule has 2 fully saturated rings. The third-order valence-electron chi connectivity index (χ3n) is 6.47. The van der Waals surface area contributed by atoms with Crippen LogP contribution in [0.2, 0.25) is 0 Å². The van der Waals surface area contributed by atoms with Gasteiger partial charge in [0.25, 0.3) is 5.91 Å². The van der Waals surface area contributed by atoms with Gasteiger partial charge in [0.1, 0.15) is 11.3 Å². The summed E-state index contributed by atoms with van der Waals surface area (Å²) in [4.78, 5) is 32.2. The van der Waals surface area contributed by atoms with E-state index in [4.69, 9.17) is 4.74 Å². The highest BCUT2D eigenvalue weighted by Gasteiger charge is 2.46. The van der Waals surface area contributed by atoms with Gasteiger partial charge in [-0.2, -0.15) is 0 Å². The lowest BCUT2D eigenvalue weighted by molar-refractivity contribution is -0.0572. The van der Waals surface area contributed by atoms with Gasteiger partial charge in [0, 0.05) is 45.2 Å². The van der Waals surface area contributed by atoms with E-state index in [1.807, 2.05) is 37.3 Å². The van der Waals surface area contributed by atoms with Crippen molar-refractivity contribution in [2.75, 3.05) is 20.6 Å². The Balaban J connectivity index is 1.43. The molecular formula is C24H29N3O4. The van der Waals surface area contributed by atoms with Crippen LogP contribution in [0.15, 0.2) is 42.6 Å². The van der Waals surface area contributed by atoms with Crippen molar-refractivity contribution in [3.8, 4) is 11.1 Å². The maximum absolute atomic E-state index is 12.7. The Bertz CT molecular complexity index is 958. The topological polar surface area (TPSA) is 83.0 Å². The highest BCUT2D eigenvalue weighted by atomic mass is 16.6. The van der Waals surface area contributed by atoms with Crippen molar-refractivity contribution in [3.63, 3.8) is 0 Å². The molecule has 31 heavy (non-hydrogen) atoms. The molecule has 2 amide bonds. The highest BCUT2D eigenvalue weighted by Crippen LogP contribution is 2.41. The van der Waals surface area contributed by atoms with Crippen LogP contribution in [-0.2, 0) is 4.74 Å². The van der Waals surface area contributed by atoms with Crippen molar-refractivity contribution in [3.05, 3.63) is 53.9 Å². The summed E-state index contributed by atoms with van der Waals surface area (Å²) >= 11 is 0. The largest absolute Gasteiger partial charge is 0.443 e. The summed E-state index contributed by atoms with van der Waals surface area (Å²) < 4.78 is 5.79. The molecule has 164 valence electrons. The molecule has 2 heterocycles. The number of amides is 2. The quantitative estimate of drug-likeness (QED) is 0.812. The summed E-state index contributed by atoms with van der Waals surface area (Å²) in [6.45, 7) is 2.63. The Labute approximate surface area is 182 Å². The summed E-state index contributed by atoms with van der Waals surface area (Å²) in [5.74, 6) is -0.127. The molecule has 3 atom stereocenters. The van der Waals surface area contributed by atoms with Crippen molar-refractivity contribution in [1.29, 1.82) is 0 Å². The average Bonchev–Trinajstić information content (AvgIpc) is 3.12. The first-order chi connectivity index (χ1) is 14.8. The zero-order valence-electron chi connectivity index (χ0n) is 18.2. The molecule has 2 unspecified atom stereocenters. The van der Waals surface area contributed by atoms with E-state index >= 15 is 0 Å². The molecule has 7 nitrogen and oxygen atoms in total. The maximum Gasteiger partial charge on any atom is 0.410 e. The van der Waals surface area contributed by atoms with Crippen LogP contribution in [0.3, 0.4) is 0 Å². The Kier molecular flexibility index (Phi) is 5.71. The van der Waals surface area contributed by atoms with Gasteiger partial charge in [-0.25, -0.2) is 4.79 Å². The molecule has 1 aliphatic carbocycles. The molecule has 1 aromatic heterocycles. The third kappa shape index (κ3) is 4.28. The zero-order valence-corrected chi connectivity index (χ0v) is 18.2. The average molecular weight is 424 g/mol. The number of aromatic nitrogens is 1. The lowest BCUT2D eigenvalue weighted by Crippen LogP contribution is -2.49. The lowest BCUT2D eigenvalue weighted by atomic mass is 9.94. The van der Waals surface area contributed by atoms with E-state index in [0.29, 0.717) is 25.1 Å². The van der Waals surface area contributed by atoms with Crippen LogP contribution in [0.4, 0.5) is 4.79 Å². The maximum atomic E-state index is 12.7. The Hall–Kier alpha value is -2.93. The van der Waals surface area contributed by atoms with Crippen LogP contribution < -0.4 is 0 Å². The normalized spacial score (nSPS) is 24.2.